The van der Waals surface area contributed by atoms with Crippen molar-refractivity contribution in [1.82, 2.24) is 24.6 Å². The number of amides is 1. The standard InChI is InChI=1S/C22H27N5O2S/c1-2-10-27-21(29)23-24-22(27)30-16-20(28)26-13-11-25(12-14-26)15-18-8-5-7-17-6-3-4-9-19(17)18/h3-9H,2,10-16H2,1H3,(H,23,29). The second-order valence-corrected chi connectivity index (χ2v) is 8.49. The number of H-pyrrole nitrogens is 1. The molecule has 0 radical (unpaired) electrons. The molecule has 158 valence electrons. The molecule has 1 aliphatic heterocycles. The van der Waals surface area contributed by atoms with E-state index < -0.39 is 0 Å². The monoisotopic (exact) mass is 425 g/mol. The SMILES string of the molecule is CCCn1c(SCC(=O)N2CCN(Cc3cccc4ccccc34)CC2)n[nH]c1=O. The molecule has 0 saturated carbocycles. The summed E-state index contributed by atoms with van der Waals surface area (Å²) in [5.74, 6) is 0.403. The zero-order valence-electron chi connectivity index (χ0n) is 17.2. The number of rotatable bonds is 7. The highest BCUT2D eigenvalue weighted by Crippen LogP contribution is 2.21. The fourth-order valence-electron chi connectivity index (χ4n) is 3.88. The average Bonchev–Trinajstić information content (AvgIpc) is 3.12. The summed E-state index contributed by atoms with van der Waals surface area (Å²) in [6, 6.07) is 14.9. The highest BCUT2D eigenvalue weighted by Gasteiger charge is 2.22. The number of nitrogens with zero attached hydrogens (tertiary/aromatic N) is 4. The van der Waals surface area contributed by atoms with Crippen molar-refractivity contribution in [2.75, 3.05) is 31.9 Å². The average molecular weight is 426 g/mol. The van der Waals surface area contributed by atoms with Gasteiger partial charge in [0.05, 0.1) is 5.75 Å². The fraction of sp³-hybridized carbons (Fsp3) is 0.409. The number of hydrogen-bond donors (Lipinski definition) is 1. The highest BCUT2D eigenvalue weighted by molar-refractivity contribution is 7.99. The molecular weight excluding hydrogens is 398 g/mol. The second kappa shape index (κ2) is 9.49. The number of aromatic amines is 1. The number of benzene rings is 2. The number of thioether (sulfide) groups is 1. The van der Waals surface area contributed by atoms with Crippen molar-refractivity contribution in [2.24, 2.45) is 0 Å². The van der Waals surface area contributed by atoms with Gasteiger partial charge in [-0.05, 0) is 22.8 Å². The van der Waals surface area contributed by atoms with Gasteiger partial charge in [0.1, 0.15) is 0 Å². The maximum atomic E-state index is 12.6. The summed E-state index contributed by atoms with van der Waals surface area (Å²) in [5.41, 5.74) is 1.12. The van der Waals surface area contributed by atoms with E-state index in [1.54, 1.807) is 4.57 Å². The minimum atomic E-state index is -0.214. The third-order valence-electron chi connectivity index (χ3n) is 5.49. The Labute approximate surface area is 180 Å². The molecule has 0 unspecified atom stereocenters. The molecule has 1 fully saturated rings. The number of fused-ring (bicyclic) bond motifs is 1. The largest absolute Gasteiger partial charge is 0.343 e. The van der Waals surface area contributed by atoms with Gasteiger partial charge < -0.3 is 4.90 Å². The van der Waals surface area contributed by atoms with Crippen molar-refractivity contribution in [3.05, 3.63) is 58.5 Å². The third kappa shape index (κ3) is 4.60. The molecule has 2 aromatic carbocycles. The zero-order chi connectivity index (χ0) is 20.9. The molecule has 0 spiro atoms. The molecule has 0 atom stereocenters. The summed E-state index contributed by atoms with van der Waals surface area (Å²) in [5, 5.41) is 9.67. The summed E-state index contributed by atoms with van der Waals surface area (Å²) in [4.78, 5) is 28.7. The summed E-state index contributed by atoms with van der Waals surface area (Å²) >= 11 is 1.33. The molecule has 7 nitrogen and oxygen atoms in total. The molecule has 1 N–H and O–H groups in total. The summed E-state index contributed by atoms with van der Waals surface area (Å²) in [6.07, 6.45) is 0.847. The maximum absolute atomic E-state index is 12.6. The van der Waals surface area contributed by atoms with Crippen LogP contribution in [0.2, 0.25) is 0 Å². The smallest absolute Gasteiger partial charge is 0.339 e. The van der Waals surface area contributed by atoms with Gasteiger partial charge in [0, 0.05) is 39.3 Å². The molecule has 30 heavy (non-hydrogen) atoms. The van der Waals surface area contributed by atoms with Crippen LogP contribution in [-0.4, -0.2) is 62.4 Å². The molecule has 3 aromatic rings. The topological polar surface area (TPSA) is 74.2 Å². The van der Waals surface area contributed by atoms with E-state index in [1.165, 1.54) is 28.1 Å². The highest BCUT2D eigenvalue weighted by atomic mass is 32.2. The van der Waals surface area contributed by atoms with E-state index in [9.17, 15) is 9.59 Å². The Morgan fingerprint density at radius 2 is 1.87 bits per heavy atom. The first-order valence-corrected chi connectivity index (χ1v) is 11.4. The molecule has 2 heterocycles. The van der Waals surface area contributed by atoms with Crippen LogP contribution in [0, 0.1) is 0 Å². The predicted molar refractivity (Wildman–Crippen MR) is 120 cm³/mol. The Bertz CT molecular complexity index is 1060. The number of hydrogen-bond acceptors (Lipinski definition) is 5. The molecule has 8 heteroatoms. The number of carbonyl (C=O) groups is 1. The van der Waals surface area contributed by atoms with Crippen LogP contribution in [0.4, 0.5) is 0 Å². The number of carbonyl (C=O) groups excluding carboxylic acids is 1. The van der Waals surface area contributed by atoms with Gasteiger partial charge in [-0.25, -0.2) is 9.89 Å². The third-order valence-corrected chi connectivity index (χ3v) is 6.46. The molecule has 1 saturated heterocycles. The molecule has 1 amide bonds. The summed E-state index contributed by atoms with van der Waals surface area (Å²) < 4.78 is 1.60. The van der Waals surface area contributed by atoms with Crippen molar-refractivity contribution in [1.29, 1.82) is 0 Å². The molecule has 1 aliphatic rings. The van der Waals surface area contributed by atoms with E-state index in [0.29, 0.717) is 17.5 Å². The molecular formula is C22H27N5O2S. The van der Waals surface area contributed by atoms with Crippen LogP contribution in [0.1, 0.15) is 18.9 Å². The van der Waals surface area contributed by atoms with Crippen LogP contribution in [0.25, 0.3) is 10.8 Å². The van der Waals surface area contributed by atoms with Crippen LogP contribution in [0.15, 0.2) is 52.4 Å². The van der Waals surface area contributed by atoms with Crippen LogP contribution in [-0.2, 0) is 17.9 Å². The van der Waals surface area contributed by atoms with E-state index in [1.807, 2.05) is 11.8 Å². The lowest BCUT2D eigenvalue weighted by atomic mass is 10.0. The summed E-state index contributed by atoms with van der Waals surface area (Å²) in [6.45, 7) is 6.70. The van der Waals surface area contributed by atoms with E-state index in [0.717, 1.165) is 39.1 Å². The zero-order valence-corrected chi connectivity index (χ0v) is 18.0. The van der Waals surface area contributed by atoms with Crippen molar-refractivity contribution >= 4 is 28.4 Å². The van der Waals surface area contributed by atoms with Gasteiger partial charge in [-0.15, -0.1) is 5.10 Å². The van der Waals surface area contributed by atoms with E-state index in [4.69, 9.17) is 0 Å². The van der Waals surface area contributed by atoms with Crippen LogP contribution in [0.3, 0.4) is 0 Å². The van der Waals surface area contributed by atoms with E-state index in [-0.39, 0.29) is 11.6 Å². The van der Waals surface area contributed by atoms with Crippen LogP contribution >= 0.6 is 11.8 Å². The first kappa shape index (κ1) is 20.7. The number of aromatic nitrogens is 3. The number of nitrogens with one attached hydrogen (secondary N) is 1. The Balaban J connectivity index is 1.30. The van der Waals surface area contributed by atoms with E-state index in [2.05, 4.69) is 57.6 Å². The van der Waals surface area contributed by atoms with Gasteiger partial charge in [-0.1, -0.05) is 61.2 Å². The Morgan fingerprint density at radius 3 is 2.67 bits per heavy atom. The van der Waals surface area contributed by atoms with Gasteiger partial charge in [0.25, 0.3) is 0 Å². The Kier molecular flexibility index (Phi) is 6.54. The van der Waals surface area contributed by atoms with Gasteiger partial charge in [-0.2, -0.15) is 0 Å². The van der Waals surface area contributed by atoms with Crippen molar-refractivity contribution < 1.29 is 4.79 Å². The lowest BCUT2D eigenvalue weighted by molar-refractivity contribution is -0.130. The summed E-state index contributed by atoms with van der Waals surface area (Å²) in [7, 11) is 0. The molecule has 1 aromatic heterocycles. The van der Waals surface area contributed by atoms with Gasteiger partial charge in [0.15, 0.2) is 5.16 Å². The van der Waals surface area contributed by atoms with Gasteiger partial charge in [0.2, 0.25) is 5.91 Å². The van der Waals surface area contributed by atoms with E-state index >= 15 is 0 Å². The number of piperazine rings is 1. The van der Waals surface area contributed by atoms with Gasteiger partial charge >= 0.3 is 5.69 Å². The fourth-order valence-corrected chi connectivity index (χ4v) is 4.75. The molecule has 0 aliphatic carbocycles. The normalized spacial score (nSPS) is 15.0. The first-order valence-electron chi connectivity index (χ1n) is 10.4. The quantitative estimate of drug-likeness (QED) is 0.589. The van der Waals surface area contributed by atoms with Crippen molar-refractivity contribution in [3.63, 3.8) is 0 Å². The maximum Gasteiger partial charge on any atom is 0.343 e. The van der Waals surface area contributed by atoms with Crippen LogP contribution in [0.5, 0.6) is 0 Å². The van der Waals surface area contributed by atoms with Gasteiger partial charge in [-0.3, -0.25) is 14.3 Å². The molecule has 4 rings (SSSR count). The van der Waals surface area contributed by atoms with Crippen molar-refractivity contribution in [2.45, 2.75) is 31.6 Å². The Hall–Kier alpha value is -2.58. The predicted octanol–water partition coefficient (Wildman–Crippen LogP) is 2.57. The molecule has 0 bridgehead atoms. The van der Waals surface area contributed by atoms with Crippen molar-refractivity contribution in [3.8, 4) is 0 Å². The minimum absolute atomic E-state index is 0.100. The second-order valence-electron chi connectivity index (χ2n) is 7.55. The van der Waals surface area contributed by atoms with Crippen LogP contribution < -0.4 is 5.69 Å². The first-order chi connectivity index (χ1) is 14.7. The Morgan fingerprint density at radius 1 is 1.10 bits per heavy atom. The lowest BCUT2D eigenvalue weighted by Crippen LogP contribution is -2.48. The minimum Gasteiger partial charge on any atom is -0.339 e. The lowest BCUT2D eigenvalue weighted by Gasteiger charge is -2.35.